The Morgan fingerprint density at radius 1 is 1.23 bits per heavy atom. The van der Waals surface area contributed by atoms with E-state index in [0.29, 0.717) is 24.5 Å². The maximum Gasteiger partial charge on any atom is 0.252 e. The maximum atomic E-state index is 13.0. The van der Waals surface area contributed by atoms with Gasteiger partial charge in [-0.15, -0.1) is 11.3 Å². The summed E-state index contributed by atoms with van der Waals surface area (Å²) in [7, 11) is 0. The van der Waals surface area contributed by atoms with Crippen LogP contribution < -0.4 is 0 Å². The molecule has 0 bridgehead atoms. The molecule has 8 heteroatoms. The molecule has 0 unspecified atom stereocenters. The summed E-state index contributed by atoms with van der Waals surface area (Å²) in [4.78, 5) is 28.5. The summed E-state index contributed by atoms with van der Waals surface area (Å²) in [5.74, 6) is 1.14. The van der Waals surface area contributed by atoms with Gasteiger partial charge in [0.05, 0.1) is 15.2 Å². The van der Waals surface area contributed by atoms with E-state index in [1.807, 2.05) is 24.8 Å². The summed E-state index contributed by atoms with van der Waals surface area (Å²) in [5.41, 5.74) is 4.07. The van der Waals surface area contributed by atoms with Crippen LogP contribution in [0.3, 0.4) is 0 Å². The highest BCUT2D eigenvalue weighted by atomic mass is 32.1. The number of nitrogens with zero attached hydrogens (tertiary/aromatic N) is 6. The van der Waals surface area contributed by atoms with Crippen molar-refractivity contribution in [3.8, 4) is 0 Å². The Hall–Kier alpha value is -2.87. The topological polar surface area (TPSA) is 76.3 Å². The van der Waals surface area contributed by atoms with Gasteiger partial charge in [-0.05, 0) is 50.8 Å². The van der Waals surface area contributed by atoms with E-state index >= 15 is 0 Å². The van der Waals surface area contributed by atoms with Crippen LogP contribution in [0, 0.1) is 13.8 Å². The van der Waals surface area contributed by atoms with Crippen LogP contribution in [-0.4, -0.2) is 48.5 Å². The van der Waals surface area contributed by atoms with Crippen molar-refractivity contribution in [3.63, 3.8) is 0 Å². The van der Waals surface area contributed by atoms with Crippen molar-refractivity contribution in [2.45, 2.75) is 45.4 Å². The lowest BCUT2D eigenvalue weighted by molar-refractivity contribution is -0.132. The number of hydrogen-bond acceptors (Lipinski definition) is 6. The van der Waals surface area contributed by atoms with Crippen LogP contribution in [0.2, 0.25) is 0 Å². The van der Waals surface area contributed by atoms with E-state index in [1.165, 1.54) is 11.0 Å². The smallest absolute Gasteiger partial charge is 0.252 e. The number of likely N-dealkylation sites (tertiary alicyclic amines) is 1. The van der Waals surface area contributed by atoms with Crippen LogP contribution in [0.4, 0.5) is 0 Å². The Labute approximate surface area is 178 Å². The zero-order chi connectivity index (χ0) is 20.7. The van der Waals surface area contributed by atoms with Gasteiger partial charge in [0.25, 0.3) is 5.78 Å². The summed E-state index contributed by atoms with van der Waals surface area (Å²) in [6.07, 6.45) is 4.78. The van der Waals surface area contributed by atoms with E-state index in [2.05, 4.69) is 33.3 Å². The van der Waals surface area contributed by atoms with E-state index in [1.54, 1.807) is 15.9 Å². The van der Waals surface area contributed by atoms with Crippen LogP contribution in [0.15, 0.2) is 30.6 Å². The van der Waals surface area contributed by atoms with E-state index in [9.17, 15) is 4.79 Å². The fourth-order valence-electron chi connectivity index (χ4n) is 4.38. The third-order valence-corrected chi connectivity index (χ3v) is 7.21. The quantitative estimate of drug-likeness (QED) is 0.503. The minimum atomic E-state index is 0.207. The van der Waals surface area contributed by atoms with Crippen molar-refractivity contribution in [2.75, 3.05) is 13.1 Å². The number of aryl methyl sites for hydroxylation is 2. The van der Waals surface area contributed by atoms with Crippen LogP contribution in [-0.2, 0) is 11.2 Å². The van der Waals surface area contributed by atoms with E-state index in [4.69, 9.17) is 4.98 Å². The summed E-state index contributed by atoms with van der Waals surface area (Å²) >= 11 is 1.76. The zero-order valence-corrected chi connectivity index (χ0v) is 18.0. The van der Waals surface area contributed by atoms with Gasteiger partial charge < -0.3 is 4.90 Å². The molecule has 1 aliphatic heterocycles. The molecule has 7 nitrogen and oxygen atoms in total. The number of amides is 1. The first kappa shape index (κ1) is 19.1. The van der Waals surface area contributed by atoms with Crippen LogP contribution in [0.5, 0.6) is 0 Å². The molecule has 1 fully saturated rings. The average Bonchev–Trinajstić information content (AvgIpc) is 3.40. The highest BCUT2D eigenvalue weighted by Crippen LogP contribution is 2.33. The van der Waals surface area contributed by atoms with Gasteiger partial charge in [-0.25, -0.2) is 14.5 Å². The number of carbonyl (C=O) groups excluding carboxylic acids is 1. The Morgan fingerprint density at radius 3 is 2.97 bits per heavy atom. The Kier molecular flexibility index (Phi) is 4.94. The van der Waals surface area contributed by atoms with Gasteiger partial charge in [0, 0.05) is 36.8 Å². The predicted molar refractivity (Wildman–Crippen MR) is 117 cm³/mol. The van der Waals surface area contributed by atoms with Gasteiger partial charge in [-0.2, -0.15) is 10.1 Å². The van der Waals surface area contributed by atoms with Crippen LogP contribution in [0.1, 0.15) is 47.1 Å². The Balaban J connectivity index is 1.28. The molecule has 0 aliphatic carbocycles. The van der Waals surface area contributed by atoms with Gasteiger partial charge in [0.15, 0.2) is 0 Å². The number of thiazole rings is 1. The number of benzene rings is 1. The highest BCUT2D eigenvalue weighted by Gasteiger charge is 2.27. The lowest BCUT2D eigenvalue weighted by Crippen LogP contribution is -2.39. The summed E-state index contributed by atoms with van der Waals surface area (Å²) in [5, 5.41) is 5.39. The molecule has 4 aromatic rings. The number of rotatable bonds is 4. The fraction of sp³-hybridized carbons (Fsp3) is 0.409. The summed E-state index contributed by atoms with van der Waals surface area (Å²) in [6.45, 7) is 5.58. The number of aromatic nitrogens is 5. The number of para-hydroxylation sites is 1. The molecule has 1 atom stereocenters. The minimum Gasteiger partial charge on any atom is -0.342 e. The van der Waals surface area contributed by atoms with Crippen molar-refractivity contribution in [1.82, 2.24) is 29.5 Å². The number of hydrogen-bond donors (Lipinski definition) is 0. The van der Waals surface area contributed by atoms with Gasteiger partial charge >= 0.3 is 0 Å². The summed E-state index contributed by atoms with van der Waals surface area (Å²) in [6, 6.07) is 8.26. The van der Waals surface area contributed by atoms with Gasteiger partial charge in [-0.3, -0.25) is 4.79 Å². The Bertz CT molecular complexity index is 1200. The molecular weight excluding hydrogens is 396 g/mol. The zero-order valence-electron chi connectivity index (χ0n) is 17.2. The van der Waals surface area contributed by atoms with Gasteiger partial charge in [0.1, 0.15) is 6.33 Å². The normalized spacial score (nSPS) is 17.1. The molecule has 5 rings (SSSR count). The SMILES string of the molecule is Cc1nc2ncnn2c(C)c1CCC(=O)N1CCC[C@H](c2nc3ccccc3s2)C1. The lowest BCUT2D eigenvalue weighted by atomic mass is 9.98. The molecule has 1 aliphatic rings. The lowest BCUT2D eigenvalue weighted by Gasteiger charge is -2.32. The molecule has 4 heterocycles. The van der Waals surface area contributed by atoms with Crippen LogP contribution >= 0.6 is 11.3 Å². The third kappa shape index (κ3) is 3.45. The van der Waals surface area contributed by atoms with Crippen molar-refractivity contribution < 1.29 is 4.79 Å². The first-order valence-corrected chi connectivity index (χ1v) is 11.2. The maximum absolute atomic E-state index is 13.0. The molecule has 1 aromatic carbocycles. The minimum absolute atomic E-state index is 0.207. The largest absolute Gasteiger partial charge is 0.342 e. The molecule has 30 heavy (non-hydrogen) atoms. The Morgan fingerprint density at radius 2 is 2.10 bits per heavy atom. The monoisotopic (exact) mass is 420 g/mol. The first-order chi connectivity index (χ1) is 14.6. The first-order valence-electron chi connectivity index (χ1n) is 10.4. The van der Waals surface area contributed by atoms with Crippen molar-refractivity contribution in [1.29, 1.82) is 0 Å². The number of fused-ring (bicyclic) bond motifs is 2. The summed E-state index contributed by atoms with van der Waals surface area (Å²) < 4.78 is 2.97. The second-order valence-electron chi connectivity index (χ2n) is 7.93. The molecule has 0 spiro atoms. The molecule has 1 saturated heterocycles. The van der Waals surface area contributed by atoms with Crippen molar-refractivity contribution in [2.24, 2.45) is 0 Å². The second-order valence-corrected chi connectivity index (χ2v) is 8.99. The van der Waals surface area contributed by atoms with E-state index in [0.717, 1.165) is 53.4 Å². The molecule has 0 radical (unpaired) electrons. The van der Waals surface area contributed by atoms with Gasteiger partial charge in [0.2, 0.25) is 5.91 Å². The van der Waals surface area contributed by atoms with Crippen LogP contribution in [0.25, 0.3) is 16.0 Å². The third-order valence-electron chi connectivity index (χ3n) is 6.01. The van der Waals surface area contributed by atoms with Crippen molar-refractivity contribution >= 4 is 33.2 Å². The molecule has 0 N–H and O–H groups in total. The molecule has 3 aromatic heterocycles. The van der Waals surface area contributed by atoms with E-state index < -0.39 is 0 Å². The van der Waals surface area contributed by atoms with E-state index in [-0.39, 0.29) is 5.91 Å². The molecular formula is C22H24N6OS. The highest BCUT2D eigenvalue weighted by molar-refractivity contribution is 7.18. The van der Waals surface area contributed by atoms with Crippen molar-refractivity contribution in [3.05, 3.63) is 52.6 Å². The standard InChI is InChI=1S/C22H24N6OS/c1-14-17(15(2)28-22(25-14)23-13-24-28)9-10-20(29)27-11-5-6-16(12-27)21-26-18-7-3-4-8-19(18)30-21/h3-4,7-8,13,16H,5-6,9-12H2,1-2H3/t16-/m0/s1. The molecule has 1 amide bonds. The van der Waals surface area contributed by atoms with Gasteiger partial charge in [-0.1, -0.05) is 12.1 Å². The second kappa shape index (κ2) is 7.75. The molecule has 154 valence electrons. The predicted octanol–water partition coefficient (Wildman–Crippen LogP) is 3.69. The number of carbonyl (C=O) groups is 1. The number of piperidine rings is 1. The fourth-order valence-corrected chi connectivity index (χ4v) is 5.47. The molecule has 0 saturated carbocycles. The average molecular weight is 421 g/mol.